The van der Waals surface area contributed by atoms with Gasteiger partial charge in [-0.25, -0.2) is 4.79 Å². The maximum Gasteiger partial charge on any atom is 0.338 e. The lowest BCUT2D eigenvalue weighted by atomic mass is 9.69. The van der Waals surface area contributed by atoms with Gasteiger partial charge in [-0.05, 0) is 36.3 Å². The SMILES string of the molecule is CC1(C)C2CCC1(COC(=O)c1ccccc1)C(=O)C2. The number of carbonyl (C=O) groups excluding carboxylic acids is 2. The molecule has 2 unspecified atom stereocenters. The fourth-order valence-electron chi connectivity index (χ4n) is 3.95. The van der Waals surface area contributed by atoms with Crippen LogP contribution in [0, 0.1) is 16.7 Å². The van der Waals surface area contributed by atoms with Crippen molar-refractivity contribution in [2.45, 2.75) is 33.1 Å². The van der Waals surface area contributed by atoms with Gasteiger partial charge in [-0.3, -0.25) is 4.79 Å². The molecule has 0 heterocycles. The lowest BCUT2D eigenvalue weighted by molar-refractivity contribution is -0.132. The molecule has 2 atom stereocenters. The molecule has 3 rings (SSSR count). The standard InChI is InChI=1S/C17H20O3/c1-16(2)13-8-9-17(16,14(18)10-13)11-20-15(19)12-6-4-3-5-7-12/h3-7,13H,8-11H2,1-2H3. The van der Waals surface area contributed by atoms with Crippen molar-refractivity contribution in [2.75, 3.05) is 6.61 Å². The first kappa shape index (κ1) is 13.3. The van der Waals surface area contributed by atoms with E-state index in [2.05, 4.69) is 13.8 Å². The van der Waals surface area contributed by atoms with E-state index >= 15 is 0 Å². The molecule has 0 aromatic heterocycles. The number of esters is 1. The molecule has 0 spiro atoms. The van der Waals surface area contributed by atoms with Crippen LogP contribution in [-0.4, -0.2) is 18.4 Å². The third-order valence-corrected chi connectivity index (χ3v) is 5.60. The van der Waals surface area contributed by atoms with E-state index in [4.69, 9.17) is 4.74 Å². The molecule has 0 amide bonds. The summed E-state index contributed by atoms with van der Waals surface area (Å²) in [5.74, 6) is 0.393. The number of hydrogen-bond acceptors (Lipinski definition) is 3. The van der Waals surface area contributed by atoms with Gasteiger partial charge in [0.2, 0.25) is 0 Å². The first-order valence-corrected chi connectivity index (χ1v) is 7.23. The van der Waals surface area contributed by atoms with Crippen molar-refractivity contribution in [3.05, 3.63) is 35.9 Å². The Morgan fingerprint density at radius 1 is 1.30 bits per heavy atom. The average Bonchev–Trinajstić information content (AvgIpc) is 2.80. The lowest BCUT2D eigenvalue weighted by Gasteiger charge is -2.35. The van der Waals surface area contributed by atoms with Crippen LogP contribution in [0.25, 0.3) is 0 Å². The summed E-state index contributed by atoms with van der Waals surface area (Å²) in [5, 5.41) is 0. The van der Waals surface area contributed by atoms with Crippen molar-refractivity contribution in [3.8, 4) is 0 Å². The number of rotatable bonds is 3. The topological polar surface area (TPSA) is 43.4 Å². The average molecular weight is 272 g/mol. The minimum Gasteiger partial charge on any atom is -0.461 e. The molecular formula is C17H20O3. The van der Waals surface area contributed by atoms with Crippen molar-refractivity contribution in [1.29, 1.82) is 0 Å². The monoisotopic (exact) mass is 272 g/mol. The van der Waals surface area contributed by atoms with Gasteiger partial charge in [0, 0.05) is 6.42 Å². The van der Waals surface area contributed by atoms with E-state index in [1.54, 1.807) is 12.1 Å². The number of fused-ring (bicyclic) bond motifs is 2. The fraction of sp³-hybridized carbons (Fsp3) is 0.529. The molecule has 1 aromatic carbocycles. The second kappa shape index (κ2) is 4.44. The van der Waals surface area contributed by atoms with Crippen LogP contribution in [0.1, 0.15) is 43.5 Å². The van der Waals surface area contributed by atoms with E-state index in [1.807, 2.05) is 18.2 Å². The Kier molecular flexibility index (Phi) is 2.96. The third-order valence-electron chi connectivity index (χ3n) is 5.60. The predicted molar refractivity (Wildman–Crippen MR) is 75.3 cm³/mol. The highest BCUT2D eigenvalue weighted by atomic mass is 16.5. The second-order valence-electron chi connectivity index (χ2n) is 6.61. The summed E-state index contributed by atoms with van der Waals surface area (Å²) in [6.45, 7) is 4.51. The van der Waals surface area contributed by atoms with Crippen LogP contribution >= 0.6 is 0 Å². The summed E-state index contributed by atoms with van der Waals surface area (Å²) in [7, 11) is 0. The summed E-state index contributed by atoms with van der Waals surface area (Å²) in [4.78, 5) is 24.4. The molecule has 106 valence electrons. The van der Waals surface area contributed by atoms with Crippen molar-refractivity contribution in [2.24, 2.45) is 16.7 Å². The van der Waals surface area contributed by atoms with Crippen molar-refractivity contribution < 1.29 is 14.3 Å². The summed E-state index contributed by atoms with van der Waals surface area (Å²) >= 11 is 0. The Morgan fingerprint density at radius 3 is 2.55 bits per heavy atom. The van der Waals surface area contributed by atoms with Crippen LogP contribution in [0.5, 0.6) is 0 Å². The quantitative estimate of drug-likeness (QED) is 0.793. The van der Waals surface area contributed by atoms with E-state index < -0.39 is 5.41 Å². The van der Waals surface area contributed by atoms with Gasteiger partial charge >= 0.3 is 5.97 Å². The highest BCUT2D eigenvalue weighted by Gasteiger charge is 2.64. The zero-order chi connectivity index (χ0) is 14.4. The Bertz CT molecular complexity index is 547. The van der Waals surface area contributed by atoms with Crippen LogP contribution in [0.3, 0.4) is 0 Å². The molecule has 1 aromatic rings. The summed E-state index contributed by atoms with van der Waals surface area (Å²) in [6, 6.07) is 8.95. The smallest absolute Gasteiger partial charge is 0.338 e. The molecule has 0 saturated heterocycles. The van der Waals surface area contributed by atoms with Gasteiger partial charge in [0.05, 0.1) is 11.0 Å². The maximum atomic E-state index is 12.3. The van der Waals surface area contributed by atoms with Gasteiger partial charge in [-0.2, -0.15) is 0 Å². The summed E-state index contributed by atoms with van der Waals surface area (Å²) in [6.07, 6.45) is 2.57. The van der Waals surface area contributed by atoms with Gasteiger partial charge in [-0.15, -0.1) is 0 Å². The van der Waals surface area contributed by atoms with Gasteiger partial charge < -0.3 is 4.74 Å². The van der Waals surface area contributed by atoms with Crippen LogP contribution in [-0.2, 0) is 9.53 Å². The molecule has 0 N–H and O–H groups in total. The van der Waals surface area contributed by atoms with E-state index in [-0.39, 0.29) is 23.8 Å². The third kappa shape index (κ3) is 1.72. The van der Waals surface area contributed by atoms with Gasteiger partial charge in [0.1, 0.15) is 12.4 Å². The van der Waals surface area contributed by atoms with Crippen LogP contribution in [0.15, 0.2) is 30.3 Å². The number of benzene rings is 1. The van der Waals surface area contributed by atoms with Crippen molar-refractivity contribution in [1.82, 2.24) is 0 Å². The molecule has 2 fully saturated rings. The van der Waals surface area contributed by atoms with Crippen LogP contribution < -0.4 is 0 Å². The fourth-order valence-corrected chi connectivity index (χ4v) is 3.95. The zero-order valence-electron chi connectivity index (χ0n) is 12.0. The van der Waals surface area contributed by atoms with Gasteiger partial charge in [-0.1, -0.05) is 32.0 Å². The molecule has 0 aliphatic heterocycles. The van der Waals surface area contributed by atoms with Crippen LogP contribution in [0.2, 0.25) is 0 Å². The summed E-state index contributed by atoms with van der Waals surface area (Å²) < 4.78 is 5.48. The van der Waals surface area contributed by atoms with E-state index in [9.17, 15) is 9.59 Å². The Labute approximate surface area is 119 Å². The second-order valence-corrected chi connectivity index (χ2v) is 6.61. The van der Waals surface area contributed by atoms with E-state index in [0.717, 1.165) is 12.8 Å². The Balaban J connectivity index is 1.75. The molecule has 3 nitrogen and oxygen atoms in total. The molecule has 2 aliphatic carbocycles. The van der Waals surface area contributed by atoms with Gasteiger partial charge in [0.25, 0.3) is 0 Å². The highest BCUT2D eigenvalue weighted by Crippen LogP contribution is 2.63. The minimum absolute atomic E-state index is 0.0545. The van der Waals surface area contributed by atoms with Crippen molar-refractivity contribution >= 4 is 11.8 Å². The maximum absolute atomic E-state index is 12.3. The summed E-state index contributed by atoms with van der Waals surface area (Å²) in [5.41, 5.74) is 0.0325. The Hall–Kier alpha value is -1.64. The minimum atomic E-state index is -0.456. The number of ketones is 1. The lowest BCUT2D eigenvalue weighted by Crippen LogP contribution is -2.40. The van der Waals surface area contributed by atoms with E-state index in [1.165, 1.54) is 0 Å². The first-order valence-electron chi connectivity index (χ1n) is 7.23. The molecule has 2 saturated carbocycles. The molecule has 3 heteroatoms. The molecule has 20 heavy (non-hydrogen) atoms. The predicted octanol–water partition coefficient (Wildman–Crippen LogP) is 3.24. The molecular weight excluding hydrogens is 252 g/mol. The van der Waals surface area contributed by atoms with Gasteiger partial charge in [0.15, 0.2) is 0 Å². The molecule has 2 bridgehead atoms. The number of hydrogen-bond donors (Lipinski definition) is 0. The highest BCUT2D eigenvalue weighted by molar-refractivity contribution is 5.92. The van der Waals surface area contributed by atoms with E-state index in [0.29, 0.717) is 17.9 Å². The largest absolute Gasteiger partial charge is 0.461 e. The normalized spacial score (nSPS) is 30.5. The Morgan fingerprint density at radius 2 is 2.00 bits per heavy atom. The molecule has 2 aliphatic rings. The van der Waals surface area contributed by atoms with Crippen LogP contribution in [0.4, 0.5) is 0 Å². The number of ether oxygens (including phenoxy) is 1. The first-order chi connectivity index (χ1) is 9.47. The number of carbonyl (C=O) groups is 2. The zero-order valence-corrected chi connectivity index (χ0v) is 12.0. The van der Waals surface area contributed by atoms with Crippen molar-refractivity contribution in [3.63, 3.8) is 0 Å². The molecule has 0 radical (unpaired) electrons. The number of Topliss-reactive ketones (excluding diaryl/α,β-unsaturated/α-hetero) is 1.